The van der Waals surface area contributed by atoms with Crippen LogP contribution >= 0.6 is 0 Å². The van der Waals surface area contributed by atoms with Crippen LogP contribution in [0.4, 0.5) is 0 Å². The van der Waals surface area contributed by atoms with E-state index in [1.807, 2.05) is 0 Å². The van der Waals surface area contributed by atoms with Gasteiger partial charge in [-0.1, -0.05) is 0 Å². The molecule has 0 spiro atoms. The van der Waals surface area contributed by atoms with Crippen molar-refractivity contribution in [2.24, 2.45) is 5.92 Å². The predicted octanol–water partition coefficient (Wildman–Crippen LogP) is 1.21. The standard InChI is InChI=1S/C5H10N.Re.Rf/c1-3-5(2)4-6;;/h5H,2-4H2,1H3;;. The van der Waals surface area contributed by atoms with E-state index in [-0.39, 0.29) is 18.2 Å². The van der Waals surface area contributed by atoms with Gasteiger partial charge in [0, 0.05) is 0 Å². The monoisotopic (exact) mass is 538 g/mol. The molecule has 0 aromatic heterocycles. The van der Waals surface area contributed by atoms with E-state index in [4.69, 9.17) is 0 Å². The van der Waals surface area contributed by atoms with Gasteiger partial charge in [0.05, 0.1) is 0 Å². The molecule has 0 N–H and O–H groups in total. The summed E-state index contributed by atoms with van der Waals surface area (Å²) >= 11 is 0.228. The summed E-state index contributed by atoms with van der Waals surface area (Å²) in [6, 6.07) is 0. The Morgan fingerprint density at radius 3 is 2.88 bits per heavy atom. The van der Waals surface area contributed by atoms with Gasteiger partial charge in [0.2, 0.25) is 0 Å². The molecule has 1 rings (SSSR count). The molecule has 0 aliphatic carbocycles. The summed E-state index contributed by atoms with van der Waals surface area (Å²) in [5.41, 5.74) is 0. The minimum atomic E-state index is 0.228. The van der Waals surface area contributed by atoms with Crippen molar-refractivity contribution in [3.8, 4) is 0 Å². The first-order chi connectivity index (χ1) is 3.83. The maximum absolute atomic E-state index is 2.77. The molecule has 8 heavy (non-hydrogen) atoms. The molecule has 1 atom stereocenters. The first-order valence-corrected chi connectivity index (χ1v) is 9.00. The third kappa shape index (κ3) is 1.06. The molecule has 1 fully saturated rings. The fourth-order valence-electron chi connectivity index (χ4n) is 0.811. The average Bonchev–Trinajstić information content (AvgIpc) is 2.14. The third-order valence-corrected chi connectivity index (χ3v) is 12.7. The fourth-order valence-corrected chi connectivity index (χ4v) is 9.67. The van der Waals surface area contributed by atoms with Gasteiger partial charge in [-0.2, -0.15) is 0 Å². The molecular weight excluding hydrogens is 527 g/mol. The Hall–Kier alpha value is -0.378. The van der Waals surface area contributed by atoms with Crippen molar-refractivity contribution in [1.29, 1.82) is 0 Å². The summed E-state index contributed by atoms with van der Waals surface area (Å²) in [6.45, 7) is 3.82. The van der Waals surface area contributed by atoms with E-state index in [9.17, 15) is 0 Å². The Kier molecular flexibility index (Phi) is 1.63. The second-order valence-corrected chi connectivity index (χ2v) is 16.8. The van der Waals surface area contributed by atoms with Crippen LogP contribution in [-0.4, -0.2) is 10.5 Å². The van der Waals surface area contributed by atoms with Gasteiger partial charge in [-0.3, -0.25) is 0 Å². The van der Waals surface area contributed by atoms with Gasteiger partial charge < -0.3 is 0 Å². The molecule has 0 radical (unpaired) electrons. The molecule has 0 aromatic rings. The molecule has 1 unspecified atom stereocenters. The zero-order chi connectivity index (χ0) is 5.98. The first kappa shape index (κ1) is 5.75. The van der Waals surface area contributed by atoms with Crippen molar-refractivity contribution in [3.63, 3.8) is 0 Å². The molecule has 0 aromatic carbocycles. The van der Waals surface area contributed by atoms with Gasteiger partial charge in [-0.05, 0) is 0 Å². The van der Waals surface area contributed by atoms with Crippen LogP contribution in [-0.2, 0) is 18.2 Å². The number of hydrogen-bond donors (Lipinski definition) is 0. The number of rotatable bonds is 1. The topological polar surface area (TPSA) is 3.24 Å². The summed E-state index contributed by atoms with van der Waals surface area (Å²) in [7, 11) is 0. The van der Waals surface area contributed by atoms with Crippen molar-refractivity contribution < 1.29 is 18.2 Å². The summed E-state index contributed by atoms with van der Waals surface area (Å²) < 4.78 is 3.65. The van der Waals surface area contributed by atoms with Gasteiger partial charge in [-0.25, -0.2) is 0 Å². The molecule has 0 bridgehead atoms. The Morgan fingerprint density at radius 2 is 2.62 bits per heavy atom. The molecule has 1 heterocycles. The van der Waals surface area contributed by atoms with E-state index in [0.29, 0.717) is 0 Å². The Balaban J connectivity index is 2.22. The fraction of sp³-hybridized carbons (Fsp3) is 1.00. The predicted molar refractivity (Wildman–Crippen MR) is 25.3 cm³/mol. The number of nitrogens with zero attached hydrogens (tertiary/aromatic N) is 1. The average molecular weight is 537 g/mol. The van der Waals surface area contributed by atoms with Crippen LogP contribution in [0, 0.1) is 5.92 Å². The maximum atomic E-state index is 2.77. The van der Waals surface area contributed by atoms with Gasteiger partial charge in [0.15, 0.2) is 0 Å². The molecule has 1 aliphatic rings. The van der Waals surface area contributed by atoms with E-state index in [1.54, 1.807) is 4.89 Å². The van der Waals surface area contributed by atoms with Crippen molar-refractivity contribution in [1.82, 2.24) is 3.95 Å². The number of hydrogen-bond acceptors (Lipinski definition) is 1. The molecule has 1 saturated heterocycles. The van der Waals surface area contributed by atoms with Crippen molar-refractivity contribution in [2.75, 3.05) is 6.54 Å². The van der Waals surface area contributed by atoms with Crippen LogP contribution in [0.3, 0.4) is 0 Å². The Morgan fingerprint density at radius 1 is 1.88 bits per heavy atom. The van der Waals surface area contributed by atoms with Crippen LogP contribution in [0.1, 0.15) is 13.3 Å². The second kappa shape index (κ2) is 2.26. The molecule has 1 nitrogen and oxygen atoms in total. The van der Waals surface area contributed by atoms with Crippen LogP contribution in [0.25, 0.3) is 0 Å². The zero-order valence-corrected chi connectivity index (χ0v) is 14.3. The van der Waals surface area contributed by atoms with Crippen LogP contribution < -0.4 is 0 Å². The van der Waals surface area contributed by atoms with Gasteiger partial charge in [0.25, 0.3) is 0 Å². The van der Waals surface area contributed by atoms with E-state index in [0.717, 1.165) is 5.92 Å². The zero-order valence-electron chi connectivity index (χ0n) is 5.23. The summed E-state index contributed by atoms with van der Waals surface area (Å²) in [5, 5.41) is 0. The molecular formula is C5H10NReRf. The summed E-state index contributed by atoms with van der Waals surface area (Å²) in [4.78, 5) is 1.63. The van der Waals surface area contributed by atoms with Crippen LogP contribution in [0.5, 0.6) is 0 Å². The Labute approximate surface area is 53.3 Å². The van der Waals surface area contributed by atoms with E-state index in [2.05, 4.69) is 10.9 Å². The molecule has 44 valence electrons. The summed E-state index contributed by atoms with van der Waals surface area (Å²) in [5.74, 6) is 1.12. The van der Waals surface area contributed by atoms with Crippen LogP contribution in [0.2, 0.25) is 4.89 Å². The summed E-state index contributed by atoms with van der Waals surface area (Å²) in [6.07, 6.45) is 1.44. The van der Waals surface area contributed by atoms with E-state index >= 15 is 0 Å². The SMILES string of the molecule is CCC1[CH2][Re][N]([Rf])C1. The normalized spacial score (nSPS) is 31.6. The minimum absolute atomic E-state index is 0.228. The van der Waals surface area contributed by atoms with Crippen LogP contribution in [0.15, 0.2) is 0 Å². The van der Waals surface area contributed by atoms with Gasteiger partial charge in [0.1, 0.15) is 0 Å². The molecule has 0 saturated carbocycles. The third-order valence-electron chi connectivity index (χ3n) is 1.49. The van der Waals surface area contributed by atoms with Crippen molar-refractivity contribution in [3.05, 3.63) is 0 Å². The van der Waals surface area contributed by atoms with E-state index < -0.39 is 0 Å². The molecule has 1 aliphatic heterocycles. The molecule has 3 heteroatoms. The van der Waals surface area contributed by atoms with Gasteiger partial charge in [-0.15, -0.1) is 0 Å². The quantitative estimate of drug-likeness (QED) is 0.487. The van der Waals surface area contributed by atoms with Gasteiger partial charge >= 0.3 is 52.9 Å². The van der Waals surface area contributed by atoms with Crippen molar-refractivity contribution >= 4 is 0 Å². The first-order valence-electron chi connectivity index (χ1n) is 3.00. The van der Waals surface area contributed by atoms with E-state index in [1.165, 1.54) is 13.0 Å². The van der Waals surface area contributed by atoms with Crippen molar-refractivity contribution in [2.45, 2.75) is 18.2 Å². The molecule has 0 amide bonds. The second-order valence-electron chi connectivity index (χ2n) is 2.19. The Bertz CT molecular complexity index is 78.8.